The molecule has 360 valence electrons. The third-order valence-electron chi connectivity index (χ3n) is 14.6. The summed E-state index contributed by atoms with van der Waals surface area (Å²) in [6, 6.07) is 77.9. The first-order valence-electron chi connectivity index (χ1n) is 25.1. The molecule has 3 heterocycles. The fourth-order valence-corrected chi connectivity index (χ4v) is 11.1. The first kappa shape index (κ1) is 45.5. The van der Waals surface area contributed by atoms with E-state index in [1.165, 1.54) is 33.7 Å². The Morgan fingerprint density at radius 1 is 0.347 bits per heavy atom. The number of nitrogens with zero attached hydrogens (tertiary/aromatic N) is 4. The van der Waals surface area contributed by atoms with E-state index in [0.717, 1.165) is 88.8 Å². The molecule has 75 heavy (non-hydrogen) atoms. The van der Waals surface area contributed by atoms with Gasteiger partial charge >= 0.3 is 6.18 Å². The van der Waals surface area contributed by atoms with E-state index in [0.29, 0.717) is 17.0 Å². The van der Waals surface area contributed by atoms with Gasteiger partial charge in [0.05, 0.1) is 44.7 Å². The molecule has 0 fully saturated rings. The lowest BCUT2D eigenvalue weighted by molar-refractivity contribution is -0.137. The topological polar surface area (TPSA) is 35.6 Å². The molecule has 0 unspecified atom stereocenters. The molecule has 0 spiro atoms. The van der Waals surface area contributed by atoms with E-state index in [1.54, 1.807) is 19.1 Å². The Bertz CT molecular complexity index is 4320. The van der Waals surface area contributed by atoms with Gasteiger partial charge in [0.2, 0.25) is 0 Å². The smallest absolute Gasteiger partial charge is 0.309 e. The molecule has 0 bridgehead atoms. The number of aromatic nitrogens is 4. The number of para-hydroxylation sites is 2. The Balaban J connectivity index is 1.04. The molecule has 0 saturated heterocycles. The highest BCUT2D eigenvalue weighted by atomic mass is 19.4. The van der Waals surface area contributed by atoms with Crippen molar-refractivity contribution >= 4 is 43.6 Å². The highest BCUT2D eigenvalue weighted by molar-refractivity contribution is 6.12. The van der Waals surface area contributed by atoms with Crippen LogP contribution in [0.3, 0.4) is 0 Å². The van der Waals surface area contributed by atoms with Gasteiger partial charge in [-0.05, 0) is 127 Å². The molecule has 0 aliphatic rings. The van der Waals surface area contributed by atoms with E-state index < -0.39 is 11.7 Å². The lowest BCUT2D eigenvalue weighted by Gasteiger charge is -2.18. The number of fused-ring (bicyclic) bond motifs is 6. The molecule has 0 radical (unpaired) electrons. The van der Waals surface area contributed by atoms with Gasteiger partial charge in [-0.15, -0.1) is 0 Å². The predicted molar refractivity (Wildman–Crippen MR) is 303 cm³/mol. The minimum absolute atomic E-state index is 0.148. The Labute approximate surface area is 432 Å². The molecule has 3 aromatic heterocycles. The van der Waals surface area contributed by atoms with Gasteiger partial charge in [0, 0.05) is 49.5 Å². The summed E-state index contributed by atoms with van der Waals surface area (Å²) in [6.07, 6.45) is -4.52. The van der Waals surface area contributed by atoms with Crippen LogP contribution in [0.2, 0.25) is 0 Å². The van der Waals surface area contributed by atoms with E-state index >= 15 is 0 Å². The monoisotopic (exact) mass is 976 g/mol. The third kappa shape index (κ3) is 8.05. The Morgan fingerprint density at radius 3 is 1.53 bits per heavy atom. The number of hydrogen-bond acceptors (Lipinski definition) is 2. The predicted octanol–water partition coefficient (Wildman–Crippen LogP) is 18.6. The number of hydrogen-bond donors (Lipinski definition) is 0. The third-order valence-corrected chi connectivity index (χ3v) is 14.6. The SMILES string of the molecule is Cc1ccc(-c2ccc3c(c2)c2ccccc2n3-c2cccc(-c3cc(-c4cc(-c5ccccc5)nc(-c5ccccc5)n4)ccc3-n3c4ccccc4c4cc(-c5ccc(C)cc5C(F)(F)F)ccc43)c2)c(C)c1. The first-order chi connectivity index (χ1) is 36.5. The fraction of sp³-hybridized carbons (Fsp3) is 0.0588. The highest BCUT2D eigenvalue weighted by Crippen LogP contribution is 2.44. The molecule has 7 heteroatoms. The van der Waals surface area contributed by atoms with Gasteiger partial charge in [-0.3, -0.25) is 0 Å². The highest BCUT2D eigenvalue weighted by Gasteiger charge is 2.34. The zero-order valence-corrected chi connectivity index (χ0v) is 41.4. The van der Waals surface area contributed by atoms with Crippen molar-refractivity contribution in [1.82, 2.24) is 19.1 Å². The van der Waals surface area contributed by atoms with Crippen LogP contribution in [-0.4, -0.2) is 19.1 Å². The van der Waals surface area contributed by atoms with Crippen molar-refractivity contribution in [1.29, 1.82) is 0 Å². The second-order valence-corrected chi connectivity index (χ2v) is 19.5. The van der Waals surface area contributed by atoms with Crippen molar-refractivity contribution in [2.75, 3.05) is 0 Å². The van der Waals surface area contributed by atoms with Crippen molar-refractivity contribution < 1.29 is 13.2 Å². The summed E-state index contributed by atoms with van der Waals surface area (Å²) in [5, 5.41) is 4.11. The molecular formula is C68H47F3N4. The molecule has 13 aromatic rings. The molecule has 0 N–H and O–H groups in total. The van der Waals surface area contributed by atoms with Crippen LogP contribution in [-0.2, 0) is 6.18 Å². The van der Waals surface area contributed by atoms with Crippen LogP contribution in [0.25, 0.3) is 122 Å². The van der Waals surface area contributed by atoms with Gasteiger partial charge in [-0.1, -0.05) is 169 Å². The average molecular weight is 977 g/mol. The Kier molecular flexibility index (Phi) is 10.9. The van der Waals surface area contributed by atoms with Crippen LogP contribution in [0.5, 0.6) is 0 Å². The van der Waals surface area contributed by atoms with Gasteiger partial charge < -0.3 is 9.13 Å². The minimum atomic E-state index is -4.52. The lowest BCUT2D eigenvalue weighted by Crippen LogP contribution is -2.07. The molecule has 13 rings (SSSR count). The van der Waals surface area contributed by atoms with Crippen LogP contribution in [0.15, 0.2) is 231 Å². The molecule has 0 aliphatic carbocycles. The second kappa shape index (κ2) is 18.0. The zero-order valence-electron chi connectivity index (χ0n) is 41.4. The summed E-state index contributed by atoms with van der Waals surface area (Å²) in [5.74, 6) is 0.618. The standard InChI is InChI=1S/C68H47F3N4/c1-42-25-30-52(44(3)35-42)48-27-32-65-57(38-48)54-21-10-12-23-62(54)74(65)51-20-14-19-47(37-51)56-40-50(61-41-60(45-15-6-4-7-16-45)72-67(73-61)46-17-8-5-9-18-46)29-34-64(56)75-63-24-13-11-22-55(63)58-39-49(28-33-66(58)75)53-31-26-43(2)36-59(53)68(69,70)71/h4-41H,1-3H3. The van der Waals surface area contributed by atoms with Gasteiger partial charge in [0.15, 0.2) is 5.82 Å². The molecular weight excluding hydrogens is 930 g/mol. The van der Waals surface area contributed by atoms with Gasteiger partial charge in [-0.2, -0.15) is 13.2 Å². The van der Waals surface area contributed by atoms with Crippen molar-refractivity contribution in [3.63, 3.8) is 0 Å². The van der Waals surface area contributed by atoms with Crippen molar-refractivity contribution in [3.8, 4) is 78.7 Å². The molecule has 0 amide bonds. The molecule has 0 aliphatic heterocycles. The Hall–Kier alpha value is -9.33. The van der Waals surface area contributed by atoms with Gasteiger partial charge in [0.25, 0.3) is 0 Å². The van der Waals surface area contributed by atoms with Gasteiger partial charge in [-0.25, -0.2) is 9.97 Å². The number of benzene rings is 10. The van der Waals surface area contributed by atoms with Gasteiger partial charge in [0.1, 0.15) is 0 Å². The number of aryl methyl sites for hydroxylation is 3. The quantitative estimate of drug-likeness (QED) is 0.152. The van der Waals surface area contributed by atoms with Crippen LogP contribution in [0.4, 0.5) is 13.2 Å². The van der Waals surface area contributed by atoms with E-state index in [4.69, 9.17) is 9.97 Å². The Morgan fingerprint density at radius 2 is 0.867 bits per heavy atom. The molecule has 0 atom stereocenters. The largest absolute Gasteiger partial charge is 0.417 e. The van der Waals surface area contributed by atoms with E-state index in [-0.39, 0.29) is 5.56 Å². The van der Waals surface area contributed by atoms with Crippen molar-refractivity contribution in [2.24, 2.45) is 0 Å². The van der Waals surface area contributed by atoms with E-state index in [1.807, 2.05) is 78.9 Å². The fourth-order valence-electron chi connectivity index (χ4n) is 11.1. The van der Waals surface area contributed by atoms with Crippen LogP contribution < -0.4 is 0 Å². The zero-order chi connectivity index (χ0) is 51.0. The summed E-state index contributed by atoms with van der Waals surface area (Å²) in [5.41, 5.74) is 17.6. The summed E-state index contributed by atoms with van der Waals surface area (Å²) < 4.78 is 48.5. The molecule has 0 saturated carbocycles. The average Bonchev–Trinajstić information content (AvgIpc) is 3.97. The van der Waals surface area contributed by atoms with Crippen LogP contribution >= 0.6 is 0 Å². The molecule has 4 nitrogen and oxygen atoms in total. The number of rotatable bonds is 8. The maximum absolute atomic E-state index is 14.6. The number of halogens is 3. The van der Waals surface area contributed by atoms with E-state index in [9.17, 15) is 13.2 Å². The molecule has 10 aromatic carbocycles. The van der Waals surface area contributed by atoms with Crippen molar-refractivity contribution in [3.05, 3.63) is 253 Å². The summed E-state index contributed by atoms with van der Waals surface area (Å²) in [6.45, 7) is 5.99. The van der Waals surface area contributed by atoms with E-state index in [2.05, 4.69) is 156 Å². The normalized spacial score (nSPS) is 11.9. The minimum Gasteiger partial charge on any atom is -0.309 e. The van der Waals surface area contributed by atoms with Crippen LogP contribution in [0.1, 0.15) is 22.3 Å². The first-order valence-corrected chi connectivity index (χ1v) is 25.1. The lowest BCUT2D eigenvalue weighted by atomic mass is 9.96. The second-order valence-electron chi connectivity index (χ2n) is 19.5. The van der Waals surface area contributed by atoms with Crippen LogP contribution in [0, 0.1) is 20.8 Å². The summed E-state index contributed by atoms with van der Waals surface area (Å²) >= 11 is 0. The van der Waals surface area contributed by atoms with Crippen molar-refractivity contribution in [2.45, 2.75) is 26.9 Å². The maximum atomic E-state index is 14.6. The number of alkyl halides is 3. The summed E-state index contributed by atoms with van der Waals surface area (Å²) in [4.78, 5) is 10.4. The summed E-state index contributed by atoms with van der Waals surface area (Å²) in [7, 11) is 0. The maximum Gasteiger partial charge on any atom is 0.417 e.